The molecule has 3 rings (SSSR count). The zero-order chi connectivity index (χ0) is 25.1. The van der Waals surface area contributed by atoms with E-state index < -0.39 is 45.7 Å². The first-order valence-electron chi connectivity index (χ1n) is 10.0. The molecule has 0 spiro atoms. The maximum absolute atomic E-state index is 13.3. The van der Waals surface area contributed by atoms with Crippen LogP contribution in [0.2, 0.25) is 0 Å². The Morgan fingerprint density at radius 1 is 1.21 bits per heavy atom. The first kappa shape index (κ1) is 24.7. The van der Waals surface area contributed by atoms with Crippen molar-refractivity contribution in [1.29, 1.82) is 5.26 Å². The molecule has 1 aliphatic rings. The van der Waals surface area contributed by atoms with Gasteiger partial charge in [0.15, 0.2) is 9.84 Å². The van der Waals surface area contributed by atoms with Crippen molar-refractivity contribution in [2.45, 2.75) is 30.3 Å². The molecule has 1 unspecified atom stereocenters. The number of carbonyl (C=O) groups excluding carboxylic acids is 3. The lowest BCUT2D eigenvalue weighted by molar-refractivity contribution is -0.159. The van der Waals surface area contributed by atoms with Crippen LogP contribution in [0, 0.1) is 11.3 Å². The maximum Gasteiger partial charge on any atom is 0.325 e. The second-order valence-electron chi connectivity index (χ2n) is 8.03. The van der Waals surface area contributed by atoms with Gasteiger partial charge in [0.2, 0.25) is 6.41 Å². The van der Waals surface area contributed by atoms with E-state index in [9.17, 15) is 28.0 Å². The van der Waals surface area contributed by atoms with Crippen molar-refractivity contribution in [2.24, 2.45) is 0 Å². The highest BCUT2D eigenvalue weighted by Crippen LogP contribution is 2.31. The molecule has 11 nitrogen and oxygen atoms in total. The van der Waals surface area contributed by atoms with Gasteiger partial charge in [-0.3, -0.25) is 20.1 Å². The zero-order valence-electron chi connectivity index (χ0n) is 18.3. The second kappa shape index (κ2) is 9.50. The molecule has 34 heavy (non-hydrogen) atoms. The summed E-state index contributed by atoms with van der Waals surface area (Å²) in [6, 6.07) is 11.7. The van der Waals surface area contributed by atoms with Crippen LogP contribution in [0.1, 0.15) is 19.4 Å². The predicted molar refractivity (Wildman–Crippen MR) is 118 cm³/mol. The number of urea groups is 1. The molecule has 1 saturated heterocycles. The quantitative estimate of drug-likeness (QED) is 0.234. The summed E-state index contributed by atoms with van der Waals surface area (Å²) >= 11 is 0. The number of nitrogens with zero attached hydrogens (tertiary/aromatic N) is 3. The number of nitriles is 1. The molecule has 2 aromatic rings. The minimum absolute atomic E-state index is 0.00373. The first-order valence-corrected chi connectivity index (χ1v) is 11.7. The van der Waals surface area contributed by atoms with Gasteiger partial charge in [0, 0.05) is 6.54 Å². The number of imide groups is 1. The first-order chi connectivity index (χ1) is 16.0. The van der Waals surface area contributed by atoms with Gasteiger partial charge in [-0.25, -0.2) is 18.3 Å². The van der Waals surface area contributed by atoms with Crippen LogP contribution < -0.4 is 10.1 Å². The Kier molecular flexibility index (Phi) is 6.90. The molecule has 0 radical (unpaired) electrons. The number of sulfone groups is 1. The van der Waals surface area contributed by atoms with Crippen LogP contribution in [0.5, 0.6) is 11.5 Å². The fourth-order valence-corrected chi connectivity index (χ4v) is 5.02. The Balaban J connectivity index is 1.89. The van der Waals surface area contributed by atoms with E-state index in [0.717, 1.165) is 4.90 Å². The Labute approximate surface area is 196 Å². The monoisotopic (exact) mass is 486 g/mol. The summed E-state index contributed by atoms with van der Waals surface area (Å²) < 4.78 is 32.3. The predicted octanol–water partition coefficient (Wildman–Crippen LogP) is 1.67. The molecule has 0 aromatic heterocycles. The molecule has 2 N–H and O–H groups in total. The SMILES string of the molecule is CC1(C)C(=O)NC(=O)N1CC(CS(=O)(=O)c1ccccc1Oc1ccc(C#N)cc1)N(O)C=O. The lowest BCUT2D eigenvalue weighted by atomic mass is 10.0. The smallest absolute Gasteiger partial charge is 0.325 e. The number of hydrogen-bond acceptors (Lipinski definition) is 8. The van der Waals surface area contributed by atoms with Crippen LogP contribution in [-0.2, 0) is 19.4 Å². The number of benzene rings is 2. The number of rotatable bonds is 9. The van der Waals surface area contributed by atoms with Crippen molar-refractivity contribution < 1.29 is 32.7 Å². The third-order valence-electron chi connectivity index (χ3n) is 5.38. The molecule has 4 amide bonds. The molecular weight excluding hydrogens is 464 g/mol. The average molecular weight is 487 g/mol. The summed E-state index contributed by atoms with van der Waals surface area (Å²) in [5.74, 6) is -1.06. The Hall–Kier alpha value is -3.95. The Morgan fingerprint density at radius 2 is 1.85 bits per heavy atom. The van der Waals surface area contributed by atoms with Crippen molar-refractivity contribution in [3.05, 3.63) is 54.1 Å². The van der Waals surface area contributed by atoms with Gasteiger partial charge in [0.1, 0.15) is 21.9 Å². The van der Waals surface area contributed by atoms with Crippen LogP contribution in [0.3, 0.4) is 0 Å². The Bertz CT molecular complexity index is 1250. The fraction of sp³-hybridized carbons (Fsp3) is 0.273. The number of carbonyl (C=O) groups is 3. The average Bonchev–Trinajstić information content (AvgIpc) is 3.00. The molecule has 0 aliphatic carbocycles. The summed E-state index contributed by atoms with van der Waals surface area (Å²) in [6.45, 7) is 2.50. The van der Waals surface area contributed by atoms with Crippen LogP contribution in [-0.4, -0.2) is 65.8 Å². The molecule has 12 heteroatoms. The van der Waals surface area contributed by atoms with Gasteiger partial charge in [0.05, 0.1) is 23.4 Å². The normalized spacial score (nSPS) is 15.9. The molecule has 1 heterocycles. The summed E-state index contributed by atoms with van der Waals surface area (Å²) in [6.07, 6.45) is 0.0299. The molecule has 178 valence electrons. The van der Waals surface area contributed by atoms with E-state index in [4.69, 9.17) is 10.00 Å². The van der Waals surface area contributed by atoms with Crippen molar-refractivity contribution in [2.75, 3.05) is 12.3 Å². The van der Waals surface area contributed by atoms with Crippen LogP contribution in [0.4, 0.5) is 4.79 Å². The van der Waals surface area contributed by atoms with E-state index in [1.165, 1.54) is 56.3 Å². The van der Waals surface area contributed by atoms with Crippen LogP contribution in [0.15, 0.2) is 53.4 Å². The van der Waals surface area contributed by atoms with Gasteiger partial charge >= 0.3 is 6.03 Å². The fourth-order valence-electron chi connectivity index (χ4n) is 3.37. The number of amides is 4. The number of para-hydroxylation sites is 1. The lowest BCUT2D eigenvalue weighted by Crippen LogP contribution is -2.52. The number of hydroxylamine groups is 2. The standard InChI is InChI=1S/C22H22N4O7S/c1-22(2)20(28)24-21(29)25(22)12-16(26(30)14-27)13-34(31,32)19-6-4-3-5-18(19)33-17-9-7-15(11-23)8-10-17/h3-10,14,16,30H,12-13H2,1-2H3,(H,24,28,29). The second-order valence-corrected chi connectivity index (χ2v) is 10.0. The Morgan fingerprint density at radius 3 is 2.41 bits per heavy atom. The van der Waals surface area contributed by atoms with Gasteiger partial charge in [-0.2, -0.15) is 5.26 Å². The topological polar surface area (TPSA) is 157 Å². The van der Waals surface area contributed by atoms with Crippen molar-refractivity contribution in [1.82, 2.24) is 15.3 Å². The van der Waals surface area contributed by atoms with Gasteiger partial charge in [-0.1, -0.05) is 12.1 Å². The van der Waals surface area contributed by atoms with Crippen molar-refractivity contribution in [3.8, 4) is 17.6 Å². The van der Waals surface area contributed by atoms with E-state index in [1.807, 2.05) is 6.07 Å². The summed E-state index contributed by atoms with van der Waals surface area (Å²) in [5.41, 5.74) is -0.903. The van der Waals surface area contributed by atoms with Crippen LogP contribution in [0.25, 0.3) is 0 Å². The summed E-state index contributed by atoms with van der Waals surface area (Å²) in [5, 5.41) is 21.3. The largest absolute Gasteiger partial charge is 0.456 e. The number of hydrogen-bond donors (Lipinski definition) is 2. The highest BCUT2D eigenvalue weighted by molar-refractivity contribution is 7.91. The minimum atomic E-state index is -4.17. The van der Waals surface area contributed by atoms with Crippen molar-refractivity contribution >= 4 is 28.2 Å². The molecular formula is C22H22N4O7S. The molecule has 1 fully saturated rings. The molecule has 0 bridgehead atoms. The van der Waals surface area contributed by atoms with E-state index in [1.54, 1.807) is 6.07 Å². The third-order valence-corrected chi connectivity index (χ3v) is 7.21. The van der Waals surface area contributed by atoms with Gasteiger partial charge in [-0.05, 0) is 50.2 Å². The minimum Gasteiger partial charge on any atom is -0.456 e. The summed E-state index contributed by atoms with van der Waals surface area (Å²) in [4.78, 5) is 36.3. The van der Waals surface area contributed by atoms with Crippen molar-refractivity contribution in [3.63, 3.8) is 0 Å². The van der Waals surface area contributed by atoms with E-state index in [2.05, 4.69) is 5.32 Å². The zero-order valence-corrected chi connectivity index (χ0v) is 19.2. The molecule has 1 aliphatic heterocycles. The van der Waals surface area contributed by atoms with E-state index in [0.29, 0.717) is 11.3 Å². The number of nitrogens with one attached hydrogen (secondary N) is 1. The third kappa shape index (κ3) is 5.00. The lowest BCUT2D eigenvalue weighted by Gasteiger charge is -2.33. The number of ether oxygens (including phenoxy) is 1. The van der Waals surface area contributed by atoms with Gasteiger partial charge in [-0.15, -0.1) is 0 Å². The molecule has 2 aromatic carbocycles. The highest BCUT2D eigenvalue weighted by atomic mass is 32.2. The molecule has 1 atom stereocenters. The molecule has 0 saturated carbocycles. The summed E-state index contributed by atoms with van der Waals surface area (Å²) in [7, 11) is -4.17. The maximum atomic E-state index is 13.3. The van der Waals surface area contributed by atoms with E-state index >= 15 is 0 Å². The van der Waals surface area contributed by atoms with Crippen LogP contribution >= 0.6 is 0 Å². The van der Waals surface area contributed by atoms with Gasteiger partial charge < -0.3 is 9.64 Å². The van der Waals surface area contributed by atoms with Gasteiger partial charge in [0.25, 0.3) is 5.91 Å². The van der Waals surface area contributed by atoms with E-state index in [-0.39, 0.29) is 22.1 Å². The highest BCUT2D eigenvalue weighted by Gasteiger charge is 2.47.